The van der Waals surface area contributed by atoms with Crippen LogP contribution in [0.4, 0.5) is 24.5 Å². The molecule has 138 valence electrons. The molecule has 0 spiro atoms. The fraction of sp³-hybridized carbons (Fsp3) is 0.130. The fourth-order valence-corrected chi connectivity index (χ4v) is 2.76. The van der Waals surface area contributed by atoms with Crippen molar-refractivity contribution < 1.29 is 13.2 Å². The van der Waals surface area contributed by atoms with Crippen molar-refractivity contribution in [3.8, 4) is 0 Å². The molecule has 0 aliphatic carbocycles. The summed E-state index contributed by atoms with van der Waals surface area (Å²) < 4.78 is 37.8. The SMILES string of the molecule is Cc1ccc(Nc2ccc(C=Cc3ccc(C(F)(F)F)cc3)cc2)c(C)c1. The molecule has 27 heavy (non-hydrogen) atoms. The topological polar surface area (TPSA) is 12.0 Å². The summed E-state index contributed by atoms with van der Waals surface area (Å²) in [5.74, 6) is 0. The van der Waals surface area contributed by atoms with Crippen molar-refractivity contribution in [2.45, 2.75) is 20.0 Å². The Hall–Kier alpha value is -3.01. The van der Waals surface area contributed by atoms with Gasteiger partial charge >= 0.3 is 6.18 Å². The van der Waals surface area contributed by atoms with Crippen LogP contribution in [0.2, 0.25) is 0 Å². The first kappa shape index (κ1) is 18.8. The number of aryl methyl sites for hydroxylation is 2. The number of alkyl halides is 3. The van der Waals surface area contributed by atoms with E-state index in [9.17, 15) is 13.2 Å². The molecule has 0 heterocycles. The van der Waals surface area contributed by atoms with E-state index >= 15 is 0 Å². The Bertz CT molecular complexity index is 937. The van der Waals surface area contributed by atoms with Crippen molar-refractivity contribution in [2.24, 2.45) is 0 Å². The predicted molar refractivity (Wildman–Crippen MR) is 106 cm³/mol. The van der Waals surface area contributed by atoms with E-state index in [0.29, 0.717) is 0 Å². The summed E-state index contributed by atoms with van der Waals surface area (Å²) in [4.78, 5) is 0. The molecule has 3 rings (SSSR count). The van der Waals surface area contributed by atoms with Gasteiger partial charge in [0.1, 0.15) is 0 Å². The van der Waals surface area contributed by atoms with Gasteiger partial charge in [-0.05, 0) is 60.9 Å². The minimum Gasteiger partial charge on any atom is -0.355 e. The molecule has 0 aliphatic rings. The number of anilines is 2. The van der Waals surface area contributed by atoms with Crippen LogP contribution in [0.1, 0.15) is 27.8 Å². The summed E-state index contributed by atoms with van der Waals surface area (Å²) in [7, 11) is 0. The van der Waals surface area contributed by atoms with Crippen molar-refractivity contribution >= 4 is 23.5 Å². The quantitative estimate of drug-likeness (QED) is 0.479. The van der Waals surface area contributed by atoms with Gasteiger partial charge in [0.15, 0.2) is 0 Å². The van der Waals surface area contributed by atoms with Gasteiger partial charge in [-0.3, -0.25) is 0 Å². The number of benzene rings is 3. The molecule has 1 nitrogen and oxygen atoms in total. The Labute approximate surface area is 157 Å². The van der Waals surface area contributed by atoms with Crippen LogP contribution in [-0.4, -0.2) is 0 Å². The second-order valence-electron chi connectivity index (χ2n) is 6.52. The number of halogens is 3. The van der Waals surface area contributed by atoms with E-state index in [1.165, 1.54) is 23.3 Å². The van der Waals surface area contributed by atoms with Gasteiger partial charge in [-0.1, -0.05) is 54.1 Å². The van der Waals surface area contributed by atoms with E-state index in [0.717, 1.165) is 34.6 Å². The maximum Gasteiger partial charge on any atom is 0.416 e. The molecule has 0 bridgehead atoms. The zero-order valence-corrected chi connectivity index (χ0v) is 15.1. The van der Waals surface area contributed by atoms with Crippen LogP contribution in [0.3, 0.4) is 0 Å². The second kappa shape index (κ2) is 7.70. The lowest BCUT2D eigenvalue weighted by Crippen LogP contribution is -2.03. The molecule has 0 aliphatic heterocycles. The van der Waals surface area contributed by atoms with Gasteiger partial charge in [-0.15, -0.1) is 0 Å². The van der Waals surface area contributed by atoms with E-state index in [-0.39, 0.29) is 0 Å². The maximum absolute atomic E-state index is 12.6. The highest BCUT2D eigenvalue weighted by Crippen LogP contribution is 2.29. The molecule has 0 unspecified atom stereocenters. The Morgan fingerprint density at radius 1 is 0.741 bits per heavy atom. The van der Waals surface area contributed by atoms with Crippen LogP contribution in [0.15, 0.2) is 66.7 Å². The number of nitrogens with one attached hydrogen (secondary N) is 1. The molecule has 3 aromatic rings. The van der Waals surface area contributed by atoms with Crippen LogP contribution in [-0.2, 0) is 6.18 Å². The first-order chi connectivity index (χ1) is 12.8. The molecule has 4 heteroatoms. The van der Waals surface area contributed by atoms with Crippen molar-refractivity contribution in [2.75, 3.05) is 5.32 Å². The molecular weight excluding hydrogens is 347 g/mol. The summed E-state index contributed by atoms with van der Waals surface area (Å²) in [5, 5.41) is 3.39. The fourth-order valence-electron chi connectivity index (χ4n) is 2.76. The maximum atomic E-state index is 12.6. The van der Waals surface area contributed by atoms with Gasteiger partial charge in [0.2, 0.25) is 0 Å². The molecule has 1 N–H and O–H groups in total. The van der Waals surface area contributed by atoms with Crippen molar-refractivity contribution in [3.63, 3.8) is 0 Å². The van der Waals surface area contributed by atoms with Crippen LogP contribution in [0.5, 0.6) is 0 Å². The predicted octanol–water partition coefficient (Wildman–Crippen LogP) is 7.24. The highest BCUT2D eigenvalue weighted by atomic mass is 19.4. The number of hydrogen-bond acceptors (Lipinski definition) is 1. The summed E-state index contributed by atoms with van der Waals surface area (Å²) in [6.07, 6.45) is -0.628. The summed E-state index contributed by atoms with van der Waals surface area (Å²) in [6.45, 7) is 4.13. The van der Waals surface area contributed by atoms with Gasteiger partial charge in [0.05, 0.1) is 5.56 Å². The lowest BCUT2D eigenvalue weighted by atomic mass is 10.1. The van der Waals surface area contributed by atoms with Crippen molar-refractivity contribution in [1.29, 1.82) is 0 Å². The first-order valence-corrected chi connectivity index (χ1v) is 8.61. The summed E-state index contributed by atoms with van der Waals surface area (Å²) >= 11 is 0. The van der Waals surface area contributed by atoms with E-state index in [4.69, 9.17) is 0 Å². The van der Waals surface area contributed by atoms with Crippen LogP contribution >= 0.6 is 0 Å². The monoisotopic (exact) mass is 367 g/mol. The van der Waals surface area contributed by atoms with Gasteiger partial charge < -0.3 is 5.32 Å². The van der Waals surface area contributed by atoms with Gasteiger partial charge in [0.25, 0.3) is 0 Å². The summed E-state index contributed by atoms with van der Waals surface area (Å²) in [5.41, 5.74) is 5.51. The van der Waals surface area contributed by atoms with Crippen LogP contribution in [0, 0.1) is 13.8 Å². The molecule has 0 saturated carbocycles. The number of hydrogen-bond donors (Lipinski definition) is 1. The van der Waals surface area contributed by atoms with Gasteiger partial charge in [-0.25, -0.2) is 0 Å². The highest BCUT2D eigenvalue weighted by Gasteiger charge is 2.29. The Kier molecular flexibility index (Phi) is 5.36. The minimum atomic E-state index is -4.30. The lowest BCUT2D eigenvalue weighted by molar-refractivity contribution is -0.137. The van der Waals surface area contributed by atoms with E-state index < -0.39 is 11.7 Å². The second-order valence-corrected chi connectivity index (χ2v) is 6.52. The van der Waals surface area contributed by atoms with Gasteiger partial charge in [-0.2, -0.15) is 13.2 Å². The average molecular weight is 367 g/mol. The summed E-state index contributed by atoms with van der Waals surface area (Å²) in [6, 6.07) is 19.3. The van der Waals surface area contributed by atoms with Crippen LogP contribution < -0.4 is 5.32 Å². The van der Waals surface area contributed by atoms with E-state index in [1.807, 2.05) is 30.3 Å². The molecule has 0 radical (unpaired) electrons. The normalized spacial score (nSPS) is 11.7. The first-order valence-electron chi connectivity index (χ1n) is 8.61. The van der Waals surface area contributed by atoms with E-state index in [1.54, 1.807) is 6.08 Å². The molecule has 0 saturated heterocycles. The third-order valence-electron chi connectivity index (χ3n) is 4.28. The zero-order valence-electron chi connectivity index (χ0n) is 15.1. The standard InChI is InChI=1S/C23H20F3N/c1-16-3-14-22(17(2)15-16)27-21-12-8-19(9-13-21)5-4-18-6-10-20(11-7-18)23(24,25)26/h3-15,27H,1-2H3. The molecule has 3 aromatic carbocycles. The van der Waals surface area contributed by atoms with E-state index in [2.05, 4.69) is 37.4 Å². The highest BCUT2D eigenvalue weighted by molar-refractivity contribution is 5.71. The zero-order chi connectivity index (χ0) is 19.4. The van der Waals surface area contributed by atoms with Crippen molar-refractivity contribution in [3.05, 3.63) is 94.5 Å². The van der Waals surface area contributed by atoms with Crippen LogP contribution in [0.25, 0.3) is 12.2 Å². The average Bonchev–Trinajstić information content (AvgIpc) is 2.63. The van der Waals surface area contributed by atoms with Crippen molar-refractivity contribution in [1.82, 2.24) is 0 Å². The third kappa shape index (κ3) is 5.00. The minimum absolute atomic E-state index is 0.638. The Morgan fingerprint density at radius 3 is 1.81 bits per heavy atom. The lowest BCUT2D eigenvalue weighted by Gasteiger charge is -2.10. The molecule has 0 amide bonds. The third-order valence-corrected chi connectivity index (χ3v) is 4.28. The molecule has 0 fully saturated rings. The smallest absolute Gasteiger partial charge is 0.355 e. The molecule has 0 atom stereocenters. The Morgan fingerprint density at radius 2 is 1.30 bits per heavy atom. The Balaban J connectivity index is 1.67. The largest absolute Gasteiger partial charge is 0.416 e. The van der Waals surface area contributed by atoms with Gasteiger partial charge in [0, 0.05) is 11.4 Å². The molecular formula is C23H20F3N. The number of rotatable bonds is 4. The molecule has 0 aromatic heterocycles.